The van der Waals surface area contributed by atoms with Crippen molar-refractivity contribution >= 4 is 6.09 Å². The van der Waals surface area contributed by atoms with E-state index in [1.54, 1.807) is 12.4 Å². The van der Waals surface area contributed by atoms with Crippen LogP contribution in [-0.2, 0) is 16.9 Å². The Morgan fingerprint density at radius 1 is 1.37 bits per heavy atom. The Bertz CT molecular complexity index is 521. The molecule has 0 saturated heterocycles. The summed E-state index contributed by atoms with van der Waals surface area (Å²) in [5, 5.41) is 2.77. The fraction of sp³-hybridized carbons (Fsp3) is 0.286. The smallest absolute Gasteiger partial charge is 0.408 e. The summed E-state index contributed by atoms with van der Waals surface area (Å²) in [4.78, 5) is 18.9. The lowest BCUT2D eigenvalue weighted by atomic mass is 10.1. The predicted octanol–water partition coefficient (Wildman–Crippen LogP) is 2.57. The van der Waals surface area contributed by atoms with Gasteiger partial charge >= 0.3 is 6.09 Å². The number of alkyl carbamates (subject to hydrolysis) is 1. The van der Waals surface area contributed by atoms with Crippen LogP contribution in [-0.4, -0.2) is 16.1 Å². The minimum absolute atomic E-state index is 0.251. The lowest BCUT2D eigenvalue weighted by Gasteiger charge is -2.23. The molecule has 19 heavy (non-hydrogen) atoms. The molecule has 0 spiro atoms. The zero-order valence-corrected chi connectivity index (χ0v) is 11.0. The molecule has 1 amide bonds. The summed E-state index contributed by atoms with van der Waals surface area (Å²) in [6.07, 6.45) is 2.90. The van der Waals surface area contributed by atoms with Crippen molar-refractivity contribution in [2.24, 2.45) is 0 Å². The van der Waals surface area contributed by atoms with E-state index >= 15 is 0 Å². The number of nitrogens with zero attached hydrogens (tertiary/aromatic N) is 1. The van der Waals surface area contributed by atoms with Crippen molar-refractivity contribution in [2.45, 2.75) is 26.0 Å². The normalized spacial score (nSPS) is 11.1. The average Bonchev–Trinajstić information content (AvgIpc) is 2.92. The van der Waals surface area contributed by atoms with Crippen molar-refractivity contribution < 1.29 is 9.53 Å². The molecule has 2 N–H and O–H groups in total. The fourth-order valence-corrected chi connectivity index (χ4v) is 1.68. The Morgan fingerprint density at radius 2 is 2.11 bits per heavy atom. The van der Waals surface area contributed by atoms with Crippen LogP contribution in [0.25, 0.3) is 0 Å². The van der Waals surface area contributed by atoms with Gasteiger partial charge in [0, 0.05) is 12.4 Å². The monoisotopic (exact) mass is 259 g/mol. The van der Waals surface area contributed by atoms with Crippen molar-refractivity contribution in [3.05, 3.63) is 54.1 Å². The van der Waals surface area contributed by atoms with E-state index in [4.69, 9.17) is 4.74 Å². The predicted molar refractivity (Wildman–Crippen MR) is 71.4 cm³/mol. The minimum atomic E-state index is -0.600. The number of carbonyl (C=O) groups excluding carboxylic acids is 1. The number of hydrogen-bond donors (Lipinski definition) is 2. The number of ether oxygens (including phenoxy) is 1. The summed E-state index contributed by atoms with van der Waals surface area (Å²) in [5.74, 6) is 0.684. The molecule has 0 fully saturated rings. The summed E-state index contributed by atoms with van der Waals surface area (Å²) < 4.78 is 5.17. The number of imidazole rings is 1. The molecule has 0 radical (unpaired) electrons. The van der Waals surface area contributed by atoms with Crippen LogP contribution in [0.2, 0.25) is 0 Å². The number of amides is 1. The number of aromatic amines is 1. The first-order valence-electron chi connectivity index (χ1n) is 6.06. The standard InChI is InChI=1S/C14H17N3O2/c1-14(2,12-15-8-9-16-12)17-13(18)19-10-11-6-4-3-5-7-11/h3-9H,10H2,1-2H3,(H,15,16)(H,17,18). The van der Waals surface area contributed by atoms with Gasteiger partial charge in [0.05, 0.1) is 5.54 Å². The molecule has 5 nitrogen and oxygen atoms in total. The van der Waals surface area contributed by atoms with Crippen molar-refractivity contribution in [1.29, 1.82) is 0 Å². The molecule has 0 unspecified atom stereocenters. The molecule has 0 aliphatic heterocycles. The van der Waals surface area contributed by atoms with Crippen molar-refractivity contribution in [3.8, 4) is 0 Å². The van der Waals surface area contributed by atoms with E-state index in [1.807, 2.05) is 44.2 Å². The highest BCUT2D eigenvalue weighted by Gasteiger charge is 2.25. The number of carbonyl (C=O) groups is 1. The summed E-state index contributed by atoms with van der Waals surface area (Å²) in [7, 11) is 0. The van der Waals surface area contributed by atoms with E-state index in [-0.39, 0.29) is 6.61 Å². The Morgan fingerprint density at radius 3 is 2.74 bits per heavy atom. The van der Waals surface area contributed by atoms with Crippen LogP contribution in [0.3, 0.4) is 0 Å². The van der Waals surface area contributed by atoms with E-state index in [0.29, 0.717) is 5.82 Å². The van der Waals surface area contributed by atoms with Gasteiger partial charge in [-0.1, -0.05) is 30.3 Å². The van der Waals surface area contributed by atoms with E-state index < -0.39 is 11.6 Å². The molecule has 5 heteroatoms. The highest BCUT2D eigenvalue weighted by atomic mass is 16.5. The molecular formula is C14H17N3O2. The second-order valence-electron chi connectivity index (χ2n) is 4.75. The number of benzene rings is 1. The number of nitrogens with one attached hydrogen (secondary N) is 2. The quantitative estimate of drug-likeness (QED) is 0.886. The van der Waals surface area contributed by atoms with Crippen molar-refractivity contribution in [3.63, 3.8) is 0 Å². The first kappa shape index (κ1) is 13.1. The Kier molecular flexibility index (Phi) is 3.85. The Hall–Kier alpha value is -2.30. The van der Waals surface area contributed by atoms with Gasteiger partial charge in [-0.25, -0.2) is 9.78 Å². The zero-order chi connectivity index (χ0) is 13.7. The van der Waals surface area contributed by atoms with Crippen LogP contribution < -0.4 is 5.32 Å². The molecule has 2 rings (SSSR count). The maximum Gasteiger partial charge on any atom is 0.408 e. The number of aromatic nitrogens is 2. The maximum absolute atomic E-state index is 11.8. The molecule has 1 aromatic heterocycles. The molecule has 100 valence electrons. The van der Waals surface area contributed by atoms with Gasteiger partial charge in [0.2, 0.25) is 0 Å². The van der Waals surface area contributed by atoms with E-state index in [9.17, 15) is 4.79 Å². The lowest BCUT2D eigenvalue weighted by Crippen LogP contribution is -2.42. The van der Waals surface area contributed by atoms with Gasteiger partial charge in [-0.2, -0.15) is 0 Å². The molecule has 2 aromatic rings. The van der Waals surface area contributed by atoms with Crippen LogP contribution >= 0.6 is 0 Å². The number of H-pyrrole nitrogens is 1. The van der Waals surface area contributed by atoms with Gasteiger partial charge < -0.3 is 15.0 Å². The molecular weight excluding hydrogens is 242 g/mol. The van der Waals surface area contributed by atoms with Gasteiger partial charge in [0.25, 0.3) is 0 Å². The maximum atomic E-state index is 11.8. The van der Waals surface area contributed by atoms with Crippen LogP contribution in [0.5, 0.6) is 0 Å². The van der Waals surface area contributed by atoms with Crippen LogP contribution in [0.4, 0.5) is 4.79 Å². The second kappa shape index (κ2) is 5.56. The van der Waals surface area contributed by atoms with E-state index in [2.05, 4.69) is 15.3 Å². The third-order valence-corrected chi connectivity index (χ3v) is 2.72. The highest BCUT2D eigenvalue weighted by molar-refractivity contribution is 5.68. The second-order valence-corrected chi connectivity index (χ2v) is 4.75. The molecule has 1 aromatic carbocycles. The van der Waals surface area contributed by atoms with Crippen LogP contribution in [0.15, 0.2) is 42.7 Å². The Labute approximate surface area is 112 Å². The van der Waals surface area contributed by atoms with Crippen molar-refractivity contribution in [2.75, 3.05) is 0 Å². The Balaban J connectivity index is 1.88. The average molecular weight is 259 g/mol. The molecule has 0 aliphatic rings. The SMILES string of the molecule is CC(C)(NC(=O)OCc1ccccc1)c1ncc[nH]1. The summed E-state index contributed by atoms with van der Waals surface area (Å²) in [6, 6.07) is 9.55. The zero-order valence-electron chi connectivity index (χ0n) is 11.0. The largest absolute Gasteiger partial charge is 0.445 e. The molecule has 0 atom stereocenters. The molecule has 0 bridgehead atoms. The summed E-state index contributed by atoms with van der Waals surface area (Å²) >= 11 is 0. The number of rotatable bonds is 4. The highest BCUT2D eigenvalue weighted by Crippen LogP contribution is 2.15. The molecule has 1 heterocycles. The summed E-state index contributed by atoms with van der Waals surface area (Å²) in [6.45, 7) is 3.96. The van der Waals surface area contributed by atoms with Crippen LogP contribution in [0, 0.1) is 0 Å². The number of hydrogen-bond acceptors (Lipinski definition) is 3. The van der Waals surface area contributed by atoms with E-state index in [1.165, 1.54) is 0 Å². The molecule has 0 saturated carbocycles. The van der Waals surface area contributed by atoms with Gasteiger partial charge in [-0.15, -0.1) is 0 Å². The third-order valence-electron chi connectivity index (χ3n) is 2.72. The van der Waals surface area contributed by atoms with Gasteiger partial charge in [-0.3, -0.25) is 0 Å². The molecule has 0 aliphatic carbocycles. The first-order valence-corrected chi connectivity index (χ1v) is 6.06. The van der Waals surface area contributed by atoms with Gasteiger partial charge in [-0.05, 0) is 19.4 Å². The van der Waals surface area contributed by atoms with Gasteiger partial charge in [0.1, 0.15) is 12.4 Å². The van der Waals surface area contributed by atoms with Crippen LogP contribution in [0.1, 0.15) is 25.2 Å². The topological polar surface area (TPSA) is 67.0 Å². The first-order chi connectivity index (χ1) is 9.08. The van der Waals surface area contributed by atoms with Gasteiger partial charge in [0.15, 0.2) is 0 Å². The van der Waals surface area contributed by atoms with E-state index in [0.717, 1.165) is 5.56 Å². The third kappa shape index (κ3) is 3.58. The summed E-state index contributed by atoms with van der Waals surface area (Å²) in [5.41, 5.74) is 0.352. The lowest BCUT2D eigenvalue weighted by molar-refractivity contribution is 0.128. The van der Waals surface area contributed by atoms with Crippen molar-refractivity contribution in [1.82, 2.24) is 15.3 Å². The fourth-order valence-electron chi connectivity index (χ4n) is 1.68. The minimum Gasteiger partial charge on any atom is -0.445 e.